The van der Waals surface area contributed by atoms with E-state index in [9.17, 15) is 22.8 Å². The quantitative estimate of drug-likeness (QED) is 0.410. The molecule has 1 aliphatic carbocycles. The highest BCUT2D eigenvalue weighted by Crippen LogP contribution is 2.38. The number of aliphatic hydroxyl groups excluding tert-OH is 1. The Kier molecular flexibility index (Phi) is 7.24. The number of carbonyl (C=O) groups is 2. The lowest BCUT2D eigenvalue weighted by Gasteiger charge is -2.34. The van der Waals surface area contributed by atoms with Gasteiger partial charge in [0, 0.05) is 23.4 Å². The second kappa shape index (κ2) is 10.6. The number of rotatable bonds is 8. The number of fused-ring (bicyclic) bond motifs is 1. The number of halogens is 3. The smallest absolute Gasteiger partial charge is 0.263 e. The average molecular weight is 532 g/mol. The van der Waals surface area contributed by atoms with Gasteiger partial charge in [0.1, 0.15) is 36.1 Å². The number of amides is 2. The number of piperidine rings is 1. The standard InChI is InChI=1S/C26H28F3N5O4/c1-13-21(26(37)33-18-6-7-34(9-17(18)27)20(36)10-35)23-24(32-13)22(30-12-31-23)16-8-15(25(28)29)4-5-19(16)38-11-14-2-3-14/h4-5,8,12,14,17-18,25,32,35H,2-3,6-7,9-11H2,1H3,(H,33,37)/t17-,18+/m1/s1. The Bertz CT molecular complexity index is 1360. The summed E-state index contributed by atoms with van der Waals surface area (Å²) in [4.78, 5) is 37.9. The van der Waals surface area contributed by atoms with Gasteiger partial charge in [0.05, 0.1) is 30.3 Å². The number of hydrogen-bond acceptors (Lipinski definition) is 6. The second-order valence-electron chi connectivity index (χ2n) is 9.76. The van der Waals surface area contributed by atoms with Gasteiger partial charge in [-0.25, -0.2) is 23.1 Å². The van der Waals surface area contributed by atoms with Crippen LogP contribution in [0.1, 0.15) is 47.3 Å². The number of carbonyl (C=O) groups excluding carboxylic acids is 2. The van der Waals surface area contributed by atoms with E-state index in [0.717, 1.165) is 12.8 Å². The van der Waals surface area contributed by atoms with E-state index >= 15 is 0 Å². The summed E-state index contributed by atoms with van der Waals surface area (Å²) in [6.07, 6.45) is -0.647. The van der Waals surface area contributed by atoms with Gasteiger partial charge in [0.2, 0.25) is 5.91 Å². The number of aromatic nitrogens is 3. The first-order valence-corrected chi connectivity index (χ1v) is 12.5. The number of ether oxygens (including phenoxy) is 1. The maximum Gasteiger partial charge on any atom is 0.263 e. The molecule has 0 bridgehead atoms. The first kappa shape index (κ1) is 26.0. The van der Waals surface area contributed by atoms with Crippen LogP contribution >= 0.6 is 0 Å². The zero-order chi connectivity index (χ0) is 27.0. The second-order valence-corrected chi connectivity index (χ2v) is 9.76. The highest BCUT2D eigenvalue weighted by Gasteiger charge is 2.33. The third kappa shape index (κ3) is 5.17. The fourth-order valence-corrected chi connectivity index (χ4v) is 4.72. The summed E-state index contributed by atoms with van der Waals surface area (Å²) in [6.45, 7) is 1.41. The number of hydrogen-bond donors (Lipinski definition) is 3. The molecule has 2 fully saturated rings. The first-order chi connectivity index (χ1) is 18.3. The lowest BCUT2D eigenvalue weighted by Crippen LogP contribution is -2.54. The van der Waals surface area contributed by atoms with E-state index in [1.54, 1.807) is 6.92 Å². The summed E-state index contributed by atoms with van der Waals surface area (Å²) < 4.78 is 47.8. The van der Waals surface area contributed by atoms with Gasteiger partial charge in [-0.05, 0) is 50.3 Å². The number of aliphatic hydroxyl groups is 1. The number of aryl methyl sites for hydroxylation is 1. The Morgan fingerprint density at radius 1 is 1.26 bits per heavy atom. The zero-order valence-electron chi connectivity index (χ0n) is 20.7. The van der Waals surface area contributed by atoms with E-state index in [1.807, 2.05) is 0 Å². The highest BCUT2D eigenvalue weighted by atomic mass is 19.3. The largest absolute Gasteiger partial charge is 0.493 e. The van der Waals surface area contributed by atoms with Crippen molar-refractivity contribution in [1.82, 2.24) is 25.2 Å². The van der Waals surface area contributed by atoms with Crippen LogP contribution in [-0.2, 0) is 4.79 Å². The minimum absolute atomic E-state index is 0.183. The molecule has 1 saturated carbocycles. The number of alkyl halides is 3. The van der Waals surface area contributed by atoms with Gasteiger partial charge < -0.3 is 25.0 Å². The molecule has 2 aromatic heterocycles. The molecule has 38 heavy (non-hydrogen) atoms. The SMILES string of the molecule is Cc1[nH]c2c(-c3cc(C(F)F)ccc3OCC3CC3)ncnc2c1C(=O)N[C@H]1CCN(C(=O)CO)C[C@H]1F. The fraction of sp³-hybridized carbons (Fsp3) is 0.462. The van der Waals surface area contributed by atoms with E-state index < -0.39 is 37.1 Å². The molecule has 2 aliphatic rings. The zero-order valence-corrected chi connectivity index (χ0v) is 20.7. The molecular weight excluding hydrogens is 503 g/mol. The number of benzene rings is 1. The number of aromatic amines is 1. The maximum absolute atomic E-state index is 14.8. The van der Waals surface area contributed by atoms with Crippen molar-refractivity contribution in [3.63, 3.8) is 0 Å². The predicted molar refractivity (Wildman–Crippen MR) is 132 cm³/mol. The van der Waals surface area contributed by atoms with Crippen LogP contribution in [0.15, 0.2) is 24.5 Å². The number of nitrogens with one attached hydrogen (secondary N) is 2. The van der Waals surface area contributed by atoms with E-state index in [-0.39, 0.29) is 36.2 Å². The van der Waals surface area contributed by atoms with E-state index in [1.165, 1.54) is 29.4 Å². The Balaban J connectivity index is 1.45. The molecule has 3 aromatic rings. The van der Waals surface area contributed by atoms with Gasteiger partial charge in [-0.3, -0.25) is 9.59 Å². The van der Waals surface area contributed by atoms with Gasteiger partial charge in [-0.2, -0.15) is 0 Å². The average Bonchev–Trinajstić information content (AvgIpc) is 3.67. The third-order valence-corrected chi connectivity index (χ3v) is 7.03. The molecule has 1 aliphatic heterocycles. The van der Waals surface area contributed by atoms with Gasteiger partial charge in [0.15, 0.2) is 0 Å². The first-order valence-electron chi connectivity index (χ1n) is 12.5. The Morgan fingerprint density at radius 2 is 2.05 bits per heavy atom. The molecule has 0 spiro atoms. The fourth-order valence-electron chi connectivity index (χ4n) is 4.72. The minimum Gasteiger partial charge on any atom is -0.493 e. The molecular formula is C26H28F3N5O4. The van der Waals surface area contributed by atoms with Crippen LogP contribution < -0.4 is 10.1 Å². The normalized spacial score (nSPS) is 19.7. The van der Waals surface area contributed by atoms with Crippen LogP contribution in [0.5, 0.6) is 5.75 Å². The highest BCUT2D eigenvalue weighted by molar-refractivity contribution is 6.09. The number of nitrogens with zero attached hydrogens (tertiary/aromatic N) is 3. The van der Waals surface area contributed by atoms with Crippen molar-refractivity contribution in [1.29, 1.82) is 0 Å². The summed E-state index contributed by atoms with van der Waals surface area (Å²) in [6, 6.07) is 3.33. The molecule has 2 atom stereocenters. The summed E-state index contributed by atoms with van der Waals surface area (Å²) in [7, 11) is 0. The topological polar surface area (TPSA) is 120 Å². The summed E-state index contributed by atoms with van der Waals surface area (Å²) in [5.74, 6) is -0.270. The molecule has 5 rings (SSSR count). The minimum atomic E-state index is -2.69. The van der Waals surface area contributed by atoms with Gasteiger partial charge in [-0.1, -0.05) is 0 Å². The van der Waals surface area contributed by atoms with Gasteiger partial charge in [-0.15, -0.1) is 0 Å². The van der Waals surface area contributed by atoms with Crippen LogP contribution in [0.4, 0.5) is 13.2 Å². The molecule has 1 aromatic carbocycles. The summed E-state index contributed by atoms with van der Waals surface area (Å²) in [5.41, 5.74) is 1.76. The van der Waals surface area contributed by atoms with Crippen molar-refractivity contribution in [3.8, 4) is 17.0 Å². The van der Waals surface area contributed by atoms with E-state index in [0.29, 0.717) is 40.7 Å². The molecule has 2 amide bonds. The van der Waals surface area contributed by atoms with Gasteiger partial charge in [0.25, 0.3) is 12.3 Å². The van der Waals surface area contributed by atoms with E-state index in [4.69, 9.17) is 9.84 Å². The molecule has 0 radical (unpaired) electrons. The van der Waals surface area contributed by atoms with Crippen molar-refractivity contribution in [3.05, 3.63) is 41.3 Å². The van der Waals surface area contributed by atoms with Gasteiger partial charge >= 0.3 is 0 Å². The molecule has 3 heterocycles. The van der Waals surface area contributed by atoms with Crippen molar-refractivity contribution in [2.75, 3.05) is 26.3 Å². The summed E-state index contributed by atoms with van der Waals surface area (Å²) in [5, 5.41) is 11.7. The maximum atomic E-state index is 14.8. The van der Waals surface area contributed by atoms with E-state index in [2.05, 4.69) is 20.3 Å². The molecule has 3 N–H and O–H groups in total. The lowest BCUT2D eigenvalue weighted by molar-refractivity contribution is -0.136. The lowest BCUT2D eigenvalue weighted by atomic mass is 10.0. The van der Waals surface area contributed by atoms with Crippen LogP contribution in [0.3, 0.4) is 0 Å². The van der Waals surface area contributed by atoms with Crippen molar-refractivity contribution in [2.24, 2.45) is 5.92 Å². The molecule has 1 saturated heterocycles. The molecule has 202 valence electrons. The third-order valence-electron chi connectivity index (χ3n) is 7.03. The Labute approximate surface area is 216 Å². The van der Waals surface area contributed by atoms with Crippen molar-refractivity contribution in [2.45, 2.75) is 44.8 Å². The van der Waals surface area contributed by atoms with Crippen LogP contribution in [0.25, 0.3) is 22.3 Å². The van der Waals surface area contributed by atoms with Crippen LogP contribution in [0, 0.1) is 12.8 Å². The predicted octanol–water partition coefficient (Wildman–Crippen LogP) is 3.32. The van der Waals surface area contributed by atoms with Crippen LogP contribution in [-0.4, -0.2) is 75.3 Å². The molecule has 12 heteroatoms. The monoisotopic (exact) mass is 531 g/mol. The molecule has 9 nitrogen and oxygen atoms in total. The Morgan fingerprint density at radius 3 is 2.74 bits per heavy atom. The molecule has 0 unspecified atom stereocenters. The van der Waals surface area contributed by atoms with Crippen LogP contribution in [0.2, 0.25) is 0 Å². The summed E-state index contributed by atoms with van der Waals surface area (Å²) >= 11 is 0. The number of H-pyrrole nitrogens is 1. The van der Waals surface area contributed by atoms with Crippen molar-refractivity contribution >= 4 is 22.8 Å². The Hall–Kier alpha value is -3.67. The van der Waals surface area contributed by atoms with Crippen molar-refractivity contribution < 1.29 is 32.6 Å². The number of likely N-dealkylation sites (tertiary alicyclic amines) is 1.